The molecule has 1 saturated heterocycles. The third kappa shape index (κ3) is 4.61. The number of hydrogen-bond acceptors (Lipinski definition) is 8. The molecule has 1 aromatic heterocycles. The Morgan fingerprint density at radius 1 is 1.31 bits per heavy atom. The SMILES string of the molecule is COc1cc(Nc2ncc3c(n2)SCN(c2c(F)cccc2Cl)C3=O)ccc1N1CCNC[C@H]1C. The molecule has 2 aliphatic heterocycles. The number of rotatable bonds is 5. The van der Waals surface area contributed by atoms with Crippen LogP contribution in [0.2, 0.25) is 5.02 Å². The molecule has 35 heavy (non-hydrogen) atoms. The first-order valence-corrected chi connectivity index (χ1v) is 12.5. The second-order valence-electron chi connectivity index (χ2n) is 8.25. The van der Waals surface area contributed by atoms with Crippen LogP contribution in [0, 0.1) is 5.82 Å². The number of carbonyl (C=O) groups excluding carboxylic acids is 1. The van der Waals surface area contributed by atoms with Gasteiger partial charge in [-0.05, 0) is 31.2 Å². The number of piperazine rings is 1. The topological polar surface area (TPSA) is 82.6 Å². The second kappa shape index (κ2) is 9.88. The fourth-order valence-corrected chi connectivity index (χ4v) is 5.46. The van der Waals surface area contributed by atoms with Crippen LogP contribution in [0.5, 0.6) is 5.75 Å². The lowest BCUT2D eigenvalue weighted by atomic mass is 10.1. The summed E-state index contributed by atoms with van der Waals surface area (Å²) in [5.74, 6) is 0.347. The highest BCUT2D eigenvalue weighted by Gasteiger charge is 2.31. The van der Waals surface area contributed by atoms with Gasteiger partial charge < -0.3 is 20.3 Å². The van der Waals surface area contributed by atoms with Gasteiger partial charge in [-0.15, -0.1) is 0 Å². The van der Waals surface area contributed by atoms with Crippen molar-refractivity contribution in [1.82, 2.24) is 15.3 Å². The Labute approximate surface area is 211 Å². The molecule has 0 radical (unpaired) electrons. The number of carbonyl (C=O) groups is 1. The van der Waals surface area contributed by atoms with Gasteiger partial charge >= 0.3 is 0 Å². The molecule has 0 spiro atoms. The Bertz CT molecular complexity index is 1260. The Balaban J connectivity index is 1.36. The average Bonchev–Trinajstić information content (AvgIpc) is 2.85. The molecule has 0 unspecified atom stereocenters. The number of para-hydroxylation sites is 1. The minimum Gasteiger partial charge on any atom is -0.495 e. The van der Waals surface area contributed by atoms with Gasteiger partial charge in [0, 0.05) is 43.6 Å². The minimum atomic E-state index is -0.554. The predicted octanol–water partition coefficient (Wildman–Crippen LogP) is 4.53. The highest BCUT2D eigenvalue weighted by molar-refractivity contribution is 7.99. The summed E-state index contributed by atoms with van der Waals surface area (Å²) in [6.45, 7) is 4.92. The van der Waals surface area contributed by atoms with Gasteiger partial charge in [-0.25, -0.2) is 14.4 Å². The first-order chi connectivity index (χ1) is 17.0. The van der Waals surface area contributed by atoms with Crippen molar-refractivity contribution in [1.29, 1.82) is 0 Å². The third-order valence-electron chi connectivity index (χ3n) is 6.01. The maximum atomic E-state index is 14.4. The van der Waals surface area contributed by atoms with E-state index in [-0.39, 0.29) is 16.6 Å². The van der Waals surface area contributed by atoms with E-state index in [1.807, 2.05) is 18.2 Å². The summed E-state index contributed by atoms with van der Waals surface area (Å²) in [5, 5.41) is 7.29. The molecule has 1 fully saturated rings. The average molecular weight is 515 g/mol. The number of methoxy groups -OCH3 is 1. The van der Waals surface area contributed by atoms with Gasteiger partial charge in [-0.2, -0.15) is 0 Å². The summed E-state index contributed by atoms with van der Waals surface area (Å²) in [5.41, 5.74) is 2.16. The Morgan fingerprint density at radius 3 is 2.94 bits per heavy atom. The largest absolute Gasteiger partial charge is 0.495 e. The van der Waals surface area contributed by atoms with E-state index in [1.54, 1.807) is 13.2 Å². The van der Waals surface area contributed by atoms with E-state index in [4.69, 9.17) is 16.3 Å². The van der Waals surface area contributed by atoms with Crippen LogP contribution in [0.4, 0.5) is 27.4 Å². The fourth-order valence-electron chi connectivity index (χ4n) is 4.25. The maximum absolute atomic E-state index is 14.4. The standard InChI is InChI=1S/C24H24ClFN6O2S/c1-14-11-27-8-9-31(14)19-7-6-15(10-20(19)34-2)29-24-28-12-16-22(30-24)35-13-32(23(16)33)21-17(25)4-3-5-18(21)26/h3-7,10,12,14,27H,8-9,11,13H2,1-2H3,(H,28,29,30)/t14-/m1/s1. The molecule has 11 heteroatoms. The number of aromatic nitrogens is 2. The number of ether oxygens (including phenoxy) is 1. The molecule has 2 aromatic carbocycles. The van der Waals surface area contributed by atoms with Crippen molar-refractivity contribution in [2.75, 3.05) is 47.7 Å². The number of hydrogen-bond donors (Lipinski definition) is 2. The Hall–Kier alpha value is -3.08. The summed E-state index contributed by atoms with van der Waals surface area (Å²) in [6.07, 6.45) is 1.45. The molecule has 3 heterocycles. The van der Waals surface area contributed by atoms with Gasteiger partial charge in [0.25, 0.3) is 5.91 Å². The molecule has 1 amide bonds. The van der Waals surface area contributed by atoms with Crippen molar-refractivity contribution in [3.8, 4) is 5.75 Å². The number of thioether (sulfide) groups is 1. The van der Waals surface area contributed by atoms with Crippen LogP contribution >= 0.6 is 23.4 Å². The first kappa shape index (κ1) is 23.7. The predicted molar refractivity (Wildman–Crippen MR) is 137 cm³/mol. The zero-order chi connectivity index (χ0) is 24.5. The summed E-state index contributed by atoms with van der Waals surface area (Å²) in [4.78, 5) is 25.5. The van der Waals surface area contributed by atoms with Crippen molar-refractivity contribution in [2.45, 2.75) is 18.0 Å². The van der Waals surface area contributed by atoms with E-state index in [0.29, 0.717) is 22.6 Å². The molecule has 182 valence electrons. The maximum Gasteiger partial charge on any atom is 0.263 e. The van der Waals surface area contributed by atoms with Crippen LogP contribution in [0.25, 0.3) is 0 Å². The monoisotopic (exact) mass is 514 g/mol. The van der Waals surface area contributed by atoms with Crippen LogP contribution in [0.3, 0.4) is 0 Å². The summed E-state index contributed by atoms with van der Waals surface area (Å²) >= 11 is 7.48. The van der Waals surface area contributed by atoms with E-state index in [0.717, 1.165) is 36.8 Å². The van der Waals surface area contributed by atoms with Crippen LogP contribution < -0.4 is 25.2 Å². The number of nitrogens with one attached hydrogen (secondary N) is 2. The lowest BCUT2D eigenvalue weighted by Crippen LogP contribution is -2.50. The van der Waals surface area contributed by atoms with Crippen molar-refractivity contribution in [3.63, 3.8) is 0 Å². The first-order valence-electron chi connectivity index (χ1n) is 11.1. The number of halogens is 2. The van der Waals surface area contributed by atoms with Gasteiger partial charge in [0.2, 0.25) is 5.95 Å². The van der Waals surface area contributed by atoms with Crippen LogP contribution in [-0.2, 0) is 0 Å². The Kier molecular flexibility index (Phi) is 6.68. The molecule has 8 nitrogen and oxygen atoms in total. The van der Waals surface area contributed by atoms with Crippen molar-refractivity contribution < 1.29 is 13.9 Å². The van der Waals surface area contributed by atoms with E-state index < -0.39 is 11.7 Å². The lowest BCUT2D eigenvalue weighted by molar-refractivity contribution is 0.0985. The normalized spacial score (nSPS) is 17.8. The Morgan fingerprint density at radius 2 is 2.17 bits per heavy atom. The molecule has 1 atom stereocenters. The zero-order valence-corrected chi connectivity index (χ0v) is 20.8. The van der Waals surface area contributed by atoms with Gasteiger partial charge in [0.1, 0.15) is 16.6 Å². The third-order valence-corrected chi connectivity index (χ3v) is 7.29. The van der Waals surface area contributed by atoms with E-state index in [1.165, 1.54) is 35.0 Å². The van der Waals surface area contributed by atoms with E-state index in [9.17, 15) is 9.18 Å². The van der Waals surface area contributed by atoms with Crippen LogP contribution in [0.1, 0.15) is 17.3 Å². The number of anilines is 4. The zero-order valence-electron chi connectivity index (χ0n) is 19.2. The van der Waals surface area contributed by atoms with E-state index in [2.05, 4.69) is 32.4 Å². The molecule has 2 N–H and O–H groups in total. The molecule has 0 saturated carbocycles. The summed E-state index contributed by atoms with van der Waals surface area (Å²) in [6, 6.07) is 10.6. The highest BCUT2D eigenvalue weighted by atomic mass is 35.5. The molecule has 0 aliphatic carbocycles. The summed E-state index contributed by atoms with van der Waals surface area (Å²) < 4.78 is 20.0. The van der Waals surface area contributed by atoms with Crippen molar-refractivity contribution in [3.05, 3.63) is 59.0 Å². The molecule has 0 bridgehead atoms. The molecular weight excluding hydrogens is 491 g/mol. The molecular formula is C24H24ClFN6O2S. The van der Waals surface area contributed by atoms with Crippen molar-refractivity contribution in [2.24, 2.45) is 0 Å². The van der Waals surface area contributed by atoms with Gasteiger partial charge in [0.15, 0.2) is 0 Å². The van der Waals surface area contributed by atoms with Gasteiger partial charge in [-0.3, -0.25) is 9.69 Å². The molecule has 3 aromatic rings. The fraction of sp³-hybridized carbons (Fsp3) is 0.292. The van der Waals surface area contributed by atoms with Crippen LogP contribution in [0.15, 0.2) is 47.6 Å². The smallest absolute Gasteiger partial charge is 0.263 e. The van der Waals surface area contributed by atoms with Crippen LogP contribution in [-0.4, -0.2) is 54.5 Å². The highest BCUT2D eigenvalue weighted by Crippen LogP contribution is 2.38. The lowest BCUT2D eigenvalue weighted by Gasteiger charge is -2.36. The minimum absolute atomic E-state index is 0.0607. The number of benzene rings is 2. The molecule has 2 aliphatic rings. The van der Waals surface area contributed by atoms with Gasteiger partial charge in [0.05, 0.1) is 34.9 Å². The van der Waals surface area contributed by atoms with E-state index >= 15 is 0 Å². The summed E-state index contributed by atoms with van der Waals surface area (Å²) in [7, 11) is 1.65. The van der Waals surface area contributed by atoms with Crippen molar-refractivity contribution >= 4 is 52.3 Å². The number of nitrogens with zero attached hydrogens (tertiary/aromatic N) is 4. The number of fused-ring (bicyclic) bond motifs is 1. The molecule has 5 rings (SSSR count). The van der Waals surface area contributed by atoms with Gasteiger partial charge in [-0.1, -0.05) is 29.4 Å². The second-order valence-corrected chi connectivity index (χ2v) is 9.59. The quantitative estimate of drug-likeness (QED) is 0.481. The number of amides is 1.